The van der Waals surface area contributed by atoms with E-state index in [1.807, 2.05) is 0 Å². The van der Waals surface area contributed by atoms with Gasteiger partial charge in [-0.15, -0.1) is 0 Å². The highest BCUT2D eigenvalue weighted by Crippen LogP contribution is 2.35. The molecule has 8 nitrogen and oxygen atoms in total. The quantitative estimate of drug-likeness (QED) is 0.215. The number of aliphatic hydroxyl groups excluding tert-OH is 1. The van der Waals surface area contributed by atoms with E-state index in [-0.39, 0.29) is 30.8 Å². The normalized spacial score (nSPS) is 35.9. The van der Waals surface area contributed by atoms with Crippen LogP contribution in [0.2, 0.25) is 0 Å². The van der Waals surface area contributed by atoms with Gasteiger partial charge in [0.25, 0.3) is 0 Å². The number of hydrogen-bond donors (Lipinski definition) is 6. The fraction of sp³-hybridized carbons (Fsp3) is 0.963. The van der Waals surface area contributed by atoms with Gasteiger partial charge in [-0.25, -0.2) is 0 Å². The number of fused-ring (bicyclic) bond motifs is 1. The summed E-state index contributed by atoms with van der Waals surface area (Å²) in [5.74, 6) is -0.135. The van der Waals surface area contributed by atoms with Gasteiger partial charge in [-0.05, 0) is 77.8 Å². The molecule has 3 saturated heterocycles. The number of carboxylic acids is 1. The van der Waals surface area contributed by atoms with Crippen LogP contribution in [0.5, 0.6) is 0 Å². The molecule has 8 heteroatoms. The monoisotopic (exact) mass is 496 g/mol. The van der Waals surface area contributed by atoms with Crippen molar-refractivity contribution in [2.75, 3.05) is 19.6 Å². The van der Waals surface area contributed by atoms with E-state index < -0.39 is 11.6 Å². The lowest BCUT2D eigenvalue weighted by atomic mass is 9.81. The number of hydrogen-bond acceptors (Lipinski definition) is 7. The van der Waals surface area contributed by atoms with E-state index in [2.05, 4.69) is 29.4 Å². The van der Waals surface area contributed by atoms with Crippen LogP contribution < -0.4 is 16.4 Å². The molecule has 0 aromatic carbocycles. The van der Waals surface area contributed by atoms with Gasteiger partial charge in [0, 0.05) is 24.2 Å². The summed E-state index contributed by atoms with van der Waals surface area (Å²) in [5.41, 5.74) is 4.64. The molecule has 0 aliphatic carbocycles. The Bertz CT molecular complexity index is 667. The van der Waals surface area contributed by atoms with Crippen LogP contribution in [0, 0.1) is 5.92 Å². The average Bonchev–Trinajstić information content (AvgIpc) is 2.79. The van der Waals surface area contributed by atoms with Gasteiger partial charge in [-0.2, -0.15) is 0 Å². The van der Waals surface area contributed by atoms with Crippen molar-refractivity contribution >= 4 is 5.97 Å². The van der Waals surface area contributed by atoms with Crippen molar-refractivity contribution in [3.63, 3.8) is 0 Å². The van der Waals surface area contributed by atoms with Crippen LogP contribution >= 0.6 is 0 Å². The number of aliphatic hydroxyl groups is 2. The molecule has 3 fully saturated rings. The number of carboxylic acid groups (broad SMARTS) is 1. The Balaban J connectivity index is 1.30. The van der Waals surface area contributed by atoms with Gasteiger partial charge in [-0.3, -0.25) is 9.69 Å². The van der Waals surface area contributed by atoms with Crippen LogP contribution in [0.25, 0.3) is 0 Å². The zero-order valence-corrected chi connectivity index (χ0v) is 22.2. The van der Waals surface area contributed by atoms with E-state index in [1.54, 1.807) is 0 Å². The Morgan fingerprint density at radius 1 is 1.20 bits per heavy atom. The summed E-state index contributed by atoms with van der Waals surface area (Å²) in [7, 11) is 0. The van der Waals surface area contributed by atoms with Gasteiger partial charge in [-0.1, -0.05) is 38.5 Å². The van der Waals surface area contributed by atoms with Gasteiger partial charge in [0.15, 0.2) is 0 Å². The number of β-amino-alcohol motifs (C(OH)–C–C–N with tert-alkyl or cyclic N) is 1. The van der Waals surface area contributed by atoms with E-state index >= 15 is 0 Å². The molecular formula is C27H52N4O4. The Hall–Kier alpha value is -0.770. The Morgan fingerprint density at radius 3 is 2.69 bits per heavy atom. The number of nitrogens with one attached hydrogen (secondary N) is 2. The minimum atomic E-state index is -1.22. The number of nitrogens with zero attached hydrogens (tertiary/aromatic N) is 1. The predicted molar refractivity (Wildman–Crippen MR) is 139 cm³/mol. The van der Waals surface area contributed by atoms with Gasteiger partial charge >= 0.3 is 5.97 Å². The van der Waals surface area contributed by atoms with Gasteiger partial charge < -0.3 is 31.7 Å². The maximum atomic E-state index is 11.4. The summed E-state index contributed by atoms with van der Waals surface area (Å²) >= 11 is 0. The molecule has 7 unspecified atom stereocenters. The lowest BCUT2D eigenvalue weighted by molar-refractivity contribution is -0.143. The highest BCUT2D eigenvalue weighted by molar-refractivity contribution is 5.68. The lowest BCUT2D eigenvalue weighted by Gasteiger charge is -2.48. The molecule has 3 heterocycles. The van der Waals surface area contributed by atoms with Crippen molar-refractivity contribution in [1.29, 1.82) is 0 Å². The minimum Gasteiger partial charge on any atom is -0.481 e. The van der Waals surface area contributed by atoms with E-state index in [0.29, 0.717) is 18.5 Å². The van der Waals surface area contributed by atoms with Crippen LogP contribution in [0.15, 0.2) is 0 Å². The molecule has 3 rings (SSSR count). The molecule has 0 saturated carbocycles. The SMILES string of the molecule is CC1C(O)CCC2CC(CCCCCCCC(O)(CNC3(C)CCNC(N)C3)CC(=O)O)CCN21. The molecule has 0 amide bonds. The lowest BCUT2D eigenvalue weighted by Crippen LogP contribution is -2.59. The zero-order chi connectivity index (χ0) is 25.5. The number of piperidine rings is 3. The number of rotatable bonds is 13. The summed E-state index contributed by atoms with van der Waals surface area (Å²) in [6.45, 7) is 6.53. The zero-order valence-electron chi connectivity index (χ0n) is 22.2. The van der Waals surface area contributed by atoms with Crippen LogP contribution in [0.4, 0.5) is 0 Å². The largest absolute Gasteiger partial charge is 0.481 e. The van der Waals surface area contributed by atoms with Crippen LogP contribution in [-0.2, 0) is 4.79 Å². The Morgan fingerprint density at radius 2 is 1.94 bits per heavy atom. The van der Waals surface area contributed by atoms with Crippen LogP contribution in [0.1, 0.15) is 104 Å². The molecular weight excluding hydrogens is 444 g/mol. The van der Waals surface area contributed by atoms with Gasteiger partial charge in [0.1, 0.15) is 0 Å². The first-order chi connectivity index (χ1) is 16.6. The molecule has 204 valence electrons. The van der Waals surface area contributed by atoms with Gasteiger partial charge in [0.2, 0.25) is 0 Å². The molecule has 3 aliphatic rings. The van der Waals surface area contributed by atoms with E-state index in [9.17, 15) is 20.1 Å². The first kappa shape index (κ1) is 28.8. The highest BCUT2D eigenvalue weighted by Gasteiger charge is 2.38. The molecule has 0 radical (unpaired) electrons. The molecule has 0 bridgehead atoms. The average molecular weight is 497 g/mol. The second-order valence-electron chi connectivity index (χ2n) is 12.2. The molecule has 3 aliphatic heterocycles. The maximum absolute atomic E-state index is 11.4. The maximum Gasteiger partial charge on any atom is 0.306 e. The molecule has 0 spiro atoms. The number of nitrogens with two attached hydrogens (primary N) is 1. The van der Waals surface area contributed by atoms with Crippen LogP contribution in [0.3, 0.4) is 0 Å². The van der Waals surface area contributed by atoms with Crippen molar-refractivity contribution in [1.82, 2.24) is 15.5 Å². The molecule has 35 heavy (non-hydrogen) atoms. The van der Waals surface area contributed by atoms with Crippen molar-refractivity contribution in [3.05, 3.63) is 0 Å². The van der Waals surface area contributed by atoms with E-state index in [1.165, 1.54) is 32.1 Å². The third-order valence-corrected chi connectivity index (χ3v) is 9.08. The first-order valence-electron chi connectivity index (χ1n) is 14.2. The molecule has 7 N–H and O–H groups in total. The third-order valence-electron chi connectivity index (χ3n) is 9.08. The van der Waals surface area contributed by atoms with E-state index in [0.717, 1.165) is 64.0 Å². The molecule has 7 atom stereocenters. The number of carbonyl (C=O) groups is 1. The van der Waals surface area contributed by atoms with Crippen molar-refractivity contribution in [2.45, 2.75) is 139 Å². The Labute approximate surface area is 212 Å². The van der Waals surface area contributed by atoms with Gasteiger partial charge in [0.05, 0.1) is 24.3 Å². The first-order valence-corrected chi connectivity index (χ1v) is 14.2. The van der Waals surface area contributed by atoms with Crippen molar-refractivity contribution in [2.24, 2.45) is 11.7 Å². The second kappa shape index (κ2) is 13.2. The van der Waals surface area contributed by atoms with Crippen molar-refractivity contribution < 1.29 is 20.1 Å². The molecule has 0 aromatic heterocycles. The standard InChI is InChI=1S/C27H52N4O4/c1-20-23(32)10-9-22-16-21(11-15-31(20)22)8-6-4-3-5-7-12-27(35,18-25(33)34)19-30-26(2)13-14-29-24(28)17-26/h20-24,29-30,32,35H,3-19,28H2,1-2H3,(H,33,34). The number of aliphatic carboxylic acids is 1. The fourth-order valence-electron chi connectivity index (χ4n) is 6.73. The second-order valence-corrected chi connectivity index (χ2v) is 12.2. The smallest absolute Gasteiger partial charge is 0.306 e. The summed E-state index contributed by atoms with van der Waals surface area (Å²) in [4.78, 5) is 14.0. The molecule has 0 aromatic rings. The summed E-state index contributed by atoms with van der Waals surface area (Å²) in [5, 5.41) is 37.3. The van der Waals surface area contributed by atoms with E-state index in [4.69, 9.17) is 5.73 Å². The summed E-state index contributed by atoms with van der Waals surface area (Å²) < 4.78 is 0. The minimum absolute atomic E-state index is 0.0690. The highest BCUT2D eigenvalue weighted by atomic mass is 16.4. The number of unbranched alkanes of at least 4 members (excludes halogenated alkanes) is 4. The topological polar surface area (TPSA) is 131 Å². The van der Waals surface area contributed by atoms with Crippen LogP contribution in [-0.4, -0.2) is 81.3 Å². The Kier molecular flexibility index (Phi) is 10.8. The summed E-state index contributed by atoms with van der Waals surface area (Å²) in [6, 6.07) is 0.973. The third kappa shape index (κ3) is 8.93. The summed E-state index contributed by atoms with van der Waals surface area (Å²) in [6.07, 6.45) is 13.1. The fourth-order valence-corrected chi connectivity index (χ4v) is 6.73. The predicted octanol–water partition coefficient (Wildman–Crippen LogP) is 2.56. The van der Waals surface area contributed by atoms with Crippen molar-refractivity contribution in [3.8, 4) is 0 Å².